The lowest BCUT2D eigenvalue weighted by molar-refractivity contribution is -0.189. The Kier molecular flexibility index (Phi) is 5.81. The lowest BCUT2D eigenvalue weighted by Gasteiger charge is -2.38. The summed E-state index contributed by atoms with van der Waals surface area (Å²) in [7, 11) is -2.52. The van der Waals surface area contributed by atoms with Crippen LogP contribution in [0.15, 0.2) is 71.5 Å². The molecular weight excluding hydrogens is 510 g/mol. The molecule has 0 saturated carbocycles. The Morgan fingerprint density at radius 1 is 1.13 bits per heavy atom. The van der Waals surface area contributed by atoms with Crippen LogP contribution in [-0.2, 0) is 37.8 Å². The van der Waals surface area contributed by atoms with Crippen molar-refractivity contribution in [1.29, 1.82) is 0 Å². The van der Waals surface area contributed by atoms with Gasteiger partial charge in [-0.25, -0.2) is 9.78 Å². The minimum atomic E-state index is -2.52. The summed E-state index contributed by atoms with van der Waals surface area (Å²) in [5, 5.41) is 1.98. The molecule has 2 unspecified atom stereocenters. The molecule has 0 radical (unpaired) electrons. The van der Waals surface area contributed by atoms with Crippen molar-refractivity contribution in [3.63, 3.8) is 0 Å². The van der Waals surface area contributed by atoms with E-state index in [1.807, 2.05) is 73.8 Å². The molecule has 0 saturated heterocycles. The average Bonchev–Trinajstić information content (AvgIpc) is 3.31. The van der Waals surface area contributed by atoms with E-state index in [2.05, 4.69) is 0 Å². The number of cyclic esters (lactones) is 1. The van der Waals surface area contributed by atoms with Gasteiger partial charge in [0.25, 0.3) is 5.56 Å². The number of para-hydroxylation sites is 1. The standard InChI is InChI=1S/C30H29N3O5Si/c1-4-30(38-28(35)26(31)39(2,3)20-11-6-5-7-12-20)22-15-24-25-19(14-18-10-8-9-13-23(18)32-25)16-33(24)27(34)21(22)17-37-29(30)36/h5-15,26H,4,16-17,31H2,1-3H3. The van der Waals surface area contributed by atoms with Crippen LogP contribution in [0.2, 0.25) is 13.1 Å². The van der Waals surface area contributed by atoms with E-state index in [0.717, 1.165) is 21.7 Å². The SMILES string of the molecule is CCC1(OC(=O)C(N)[Si](C)(C)c2ccccc2)C(=O)OCc2c1cc1n(c2=O)Cc2cc3ccccc3nc2-1. The van der Waals surface area contributed by atoms with Gasteiger partial charge in [0.2, 0.25) is 5.60 Å². The number of rotatable bonds is 5. The van der Waals surface area contributed by atoms with Crippen LogP contribution >= 0.6 is 0 Å². The molecule has 0 fully saturated rings. The van der Waals surface area contributed by atoms with E-state index in [0.29, 0.717) is 29.1 Å². The molecule has 0 amide bonds. The molecular formula is C30H29N3O5Si. The highest BCUT2D eigenvalue weighted by atomic mass is 28.3. The van der Waals surface area contributed by atoms with Crippen LogP contribution in [0, 0.1) is 0 Å². The Morgan fingerprint density at radius 2 is 1.85 bits per heavy atom. The maximum atomic E-state index is 13.7. The van der Waals surface area contributed by atoms with Crippen LogP contribution in [0.3, 0.4) is 0 Å². The summed E-state index contributed by atoms with van der Waals surface area (Å²) in [5.74, 6) is -1.39. The second-order valence-corrected chi connectivity index (χ2v) is 15.4. The monoisotopic (exact) mass is 539 g/mol. The molecule has 4 aromatic rings. The fraction of sp³-hybridized carbons (Fsp3) is 0.267. The zero-order valence-corrected chi connectivity index (χ0v) is 23.1. The van der Waals surface area contributed by atoms with Crippen LogP contribution < -0.4 is 16.5 Å². The van der Waals surface area contributed by atoms with E-state index in [4.69, 9.17) is 20.2 Å². The maximum Gasteiger partial charge on any atom is 0.355 e. The van der Waals surface area contributed by atoms with Crippen molar-refractivity contribution in [2.24, 2.45) is 5.73 Å². The molecule has 8 nitrogen and oxygen atoms in total. The van der Waals surface area contributed by atoms with Gasteiger partial charge in [0.1, 0.15) is 14.7 Å². The van der Waals surface area contributed by atoms with Gasteiger partial charge in [0.05, 0.1) is 34.7 Å². The van der Waals surface area contributed by atoms with Gasteiger partial charge >= 0.3 is 11.9 Å². The topological polar surface area (TPSA) is 114 Å². The van der Waals surface area contributed by atoms with E-state index in [9.17, 15) is 14.4 Å². The van der Waals surface area contributed by atoms with Gasteiger partial charge in [-0.3, -0.25) is 9.59 Å². The molecule has 6 rings (SSSR count). The third-order valence-corrected chi connectivity index (χ3v) is 11.8. The number of carbonyl (C=O) groups excluding carboxylic acids is 2. The zero-order valence-electron chi connectivity index (χ0n) is 22.1. The summed E-state index contributed by atoms with van der Waals surface area (Å²) in [6, 6.07) is 21.2. The highest BCUT2D eigenvalue weighted by Crippen LogP contribution is 2.41. The molecule has 2 atom stereocenters. The summed E-state index contributed by atoms with van der Waals surface area (Å²) >= 11 is 0. The number of carbonyl (C=O) groups is 2. The number of nitrogens with zero attached hydrogens (tertiary/aromatic N) is 2. The normalized spacial score (nSPS) is 18.6. The molecule has 198 valence electrons. The largest absolute Gasteiger partial charge is 0.457 e. The maximum absolute atomic E-state index is 13.7. The molecule has 39 heavy (non-hydrogen) atoms. The average molecular weight is 540 g/mol. The van der Waals surface area contributed by atoms with Crippen LogP contribution in [0.25, 0.3) is 22.3 Å². The van der Waals surface area contributed by atoms with E-state index in [1.165, 1.54) is 0 Å². The molecule has 0 aliphatic carbocycles. The zero-order chi connectivity index (χ0) is 27.5. The lowest BCUT2D eigenvalue weighted by atomic mass is 9.85. The third-order valence-electron chi connectivity index (χ3n) is 8.21. The Hall–Kier alpha value is -4.08. The predicted molar refractivity (Wildman–Crippen MR) is 150 cm³/mol. The van der Waals surface area contributed by atoms with Crippen molar-refractivity contribution in [3.8, 4) is 11.4 Å². The summed E-state index contributed by atoms with van der Waals surface area (Å²) in [6.45, 7) is 5.90. The number of fused-ring (bicyclic) bond motifs is 5. The van der Waals surface area contributed by atoms with Crippen LogP contribution in [0.1, 0.15) is 30.0 Å². The van der Waals surface area contributed by atoms with E-state index < -0.39 is 31.3 Å². The second-order valence-electron chi connectivity index (χ2n) is 10.7. The Bertz CT molecular complexity index is 1720. The number of aromatic nitrogens is 2. The number of hydrogen-bond acceptors (Lipinski definition) is 7. The van der Waals surface area contributed by atoms with Gasteiger partial charge in [-0.15, -0.1) is 0 Å². The van der Waals surface area contributed by atoms with Crippen molar-refractivity contribution in [2.45, 2.75) is 50.9 Å². The molecule has 2 aliphatic heterocycles. The number of esters is 2. The summed E-state index contributed by atoms with van der Waals surface area (Å²) in [5.41, 5.74) is 7.16. The molecule has 2 aromatic heterocycles. The van der Waals surface area contributed by atoms with Crippen molar-refractivity contribution in [2.75, 3.05) is 0 Å². The van der Waals surface area contributed by atoms with Crippen molar-refractivity contribution >= 4 is 36.1 Å². The Labute approximate surface area is 226 Å². The number of benzene rings is 2. The molecule has 2 aromatic carbocycles. The molecule has 0 bridgehead atoms. The van der Waals surface area contributed by atoms with Gasteiger partial charge in [0.15, 0.2) is 0 Å². The highest BCUT2D eigenvalue weighted by Gasteiger charge is 2.52. The third kappa shape index (κ3) is 3.76. The molecule has 2 aliphatic rings. The molecule has 9 heteroatoms. The Morgan fingerprint density at radius 3 is 2.59 bits per heavy atom. The van der Waals surface area contributed by atoms with Crippen molar-refractivity contribution in [3.05, 3.63) is 93.8 Å². The minimum Gasteiger partial charge on any atom is -0.457 e. The number of ether oxygens (including phenoxy) is 2. The molecule has 4 heterocycles. The summed E-state index contributed by atoms with van der Waals surface area (Å²) < 4.78 is 13.2. The number of hydrogen-bond donors (Lipinski definition) is 1. The lowest BCUT2D eigenvalue weighted by Crippen LogP contribution is -2.62. The van der Waals surface area contributed by atoms with E-state index in [-0.39, 0.29) is 18.6 Å². The van der Waals surface area contributed by atoms with Gasteiger partial charge in [-0.05, 0) is 24.6 Å². The number of pyridine rings is 2. The van der Waals surface area contributed by atoms with Crippen LogP contribution in [-0.4, -0.2) is 35.2 Å². The highest BCUT2D eigenvalue weighted by molar-refractivity contribution is 6.93. The fourth-order valence-electron chi connectivity index (χ4n) is 5.66. The van der Waals surface area contributed by atoms with Gasteiger partial charge in [-0.2, -0.15) is 0 Å². The first kappa shape index (κ1) is 25.2. The molecule has 0 spiro atoms. The minimum absolute atomic E-state index is 0.0888. The first-order valence-corrected chi connectivity index (χ1v) is 16.1. The summed E-state index contributed by atoms with van der Waals surface area (Å²) in [4.78, 5) is 45.5. The summed E-state index contributed by atoms with van der Waals surface area (Å²) in [6.07, 6.45) is 0.0888. The quantitative estimate of drug-likeness (QED) is 0.270. The van der Waals surface area contributed by atoms with Gasteiger partial charge in [0, 0.05) is 16.5 Å². The van der Waals surface area contributed by atoms with Crippen molar-refractivity contribution in [1.82, 2.24) is 9.55 Å². The fourth-order valence-corrected chi connectivity index (χ4v) is 7.72. The first-order chi connectivity index (χ1) is 18.7. The number of nitrogens with two attached hydrogens (primary N) is 1. The van der Waals surface area contributed by atoms with Gasteiger partial charge < -0.3 is 19.8 Å². The van der Waals surface area contributed by atoms with Gasteiger partial charge in [-0.1, -0.05) is 73.7 Å². The molecule has 2 N–H and O–H groups in total. The smallest absolute Gasteiger partial charge is 0.355 e. The van der Waals surface area contributed by atoms with Crippen LogP contribution in [0.5, 0.6) is 0 Å². The van der Waals surface area contributed by atoms with E-state index in [1.54, 1.807) is 17.6 Å². The van der Waals surface area contributed by atoms with E-state index >= 15 is 0 Å². The second kappa shape index (κ2) is 9.00. The Balaban J connectivity index is 1.45. The van der Waals surface area contributed by atoms with Crippen molar-refractivity contribution < 1.29 is 19.1 Å². The first-order valence-electron chi connectivity index (χ1n) is 13.0. The van der Waals surface area contributed by atoms with Crippen LogP contribution in [0.4, 0.5) is 0 Å². The predicted octanol–water partition coefficient (Wildman–Crippen LogP) is 3.11.